The molecule has 0 saturated carbocycles. The minimum atomic E-state index is -0.158. The van der Waals surface area contributed by atoms with Crippen LogP contribution in [-0.4, -0.2) is 38.4 Å². The molecule has 0 amide bonds. The van der Waals surface area contributed by atoms with E-state index < -0.39 is 0 Å². The van der Waals surface area contributed by atoms with Crippen LogP contribution in [0.15, 0.2) is 0 Å². The van der Waals surface area contributed by atoms with Crippen LogP contribution in [0.4, 0.5) is 0 Å². The number of hydrazine groups is 1. The highest BCUT2D eigenvalue weighted by atomic mass is 15.5. The molecular formula is C6H18N4. The Labute approximate surface area is 62.7 Å². The molecule has 0 spiro atoms. The van der Waals surface area contributed by atoms with Crippen LogP contribution in [0.1, 0.15) is 6.92 Å². The van der Waals surface area contributed by atoms with Gasteiger partial charge >= 0.3 is 0 Å². The predicted octanol–water partition coefficient (Wildman–Crippen LogP) is -1.05. The van der Waals surface area contributed by atoms with E-state index in [4.69, 9.17) is 5.84 Å². The third-order valence-corrected chi connectivity index (χ3v) is 1.84. The highest BCUT2D eigenvalue weighted by molar-refractivity contribution is 4.78. The summed E-state index contributed by atoms with van der Waals surface area (Å²) in [5, 5.41) is 7.83. The molecule has 0 radical (unpaired) electrons. The Morgan fingerprint density at radius 3 is 2.10 bits per heavy atom. The van der Waals surface area contributed by atoms with E-state index in [0.717, 1.165) is 6.54 Å². The SMILES string of the molecule is CNCC(C)(NC)N(C)N. The second kappa shape index (κ2) is 3.88. The molecule has 0 bridgehead atoms. The summed E-state index contributed by atoms with van der Waals surface area (Å²) in [7, 11) is 5.63. The molecule has 0 heterocycles. The average Bonchev–Trinajstić information content (AvgIpc) is 1.88. The topological polar surface area (TPSA) is 53.3 Å². The van der Waals surface area contributed by atoms with Gasteiger partial charge in [0.1, 0.15) is 0 Å². The van der Waals surface area contributed by atoms with E-state index in [1.54, 1.807) is 5.01 Å². The minimum Gasteiger partial charge on any atom is -0.317 e. The van der Waals surface area contributed by atoms with Crippen molar-refractivity contribution < 1.29 is 0 Å². The Bertz CT molecular complexity index is 93.7. The molecule has 62 valence electrons. The smallest absolute Gasteiger partial charge is 0.0934 e. The molecular weight excluding hydrogens is 128 g/mol. The second-order valence-electron chi connectivity index (χ2n) is 2.67. The number of nitrogens with zero attached hydrogens (tertiary/aromatic N) is 1. The number of nitrogens with one attached hydrogen (secondary N) is 2. The summed E-state index contributed by atoms with van der Waals surface area (Å²) >= 11 is 0. The van der Waals surface area contributed by atoms with Gasteiger partial charge in [0.15, 0.2) is 0 Å². The molecule has 10 heavy (non-hydrogen) atoms. The van der Waals surface area contributed by atoms with Gasteiger partial charge in [0.05, 0.1) is 5.66 Å². The summed E-state index contributed by atoms with van der Waals surface area (Å²) in [6.07, 6.45) is 0. The number of rotatable bonds is 4. The van der Waals surface area contributed by atoms with Crippen LogP contribution in [0.5, 0.6) is 0 Å². The van der Waals surface area contributed by atoms with Gasteiger partial charge in [-0.2, -0.15) is 0 Å². The highest BCUT2D eigenvalue weighted by Gasteiger charge is 2.23. The summed E-state index contributed by atoms with van der Waals surface area (Å²) < 4.78 is 0. The fourth-order valence-electron chi connectivity index (χ4n) is 0.734. The van der Waals surface area contributed by atoms with Crippen molar-refractivity contribution in [3.05, 3.63) is 0 Å². The largest absolute Gasteiger partial charge is 0.317 e. The van der Waals surface area contributed by atoms with Crippen LogP contribution in [0.25, 0.3) is 0 Å². The predicted molar refractivity (Wildman–Crippen MR) is 43.3 cm³/mol. The lowest BCUT2D eigenvalue weighted by Crippen LogP contribution is -2.61. The quantitative estimate of drug-likeness (QED) is 0.269. The molecule has 4 N–H and O–H groups in total. The lowest BCUT2D eigenvalue weighted by atomic mass is 10.2. The summed E-state index contributed by atoms with van der Waals surface area (Å²) in [5.74, 6) is 5.60. The molecule has 0 rings (SSSR count). The number of likely N-dealkylation sites (N-methyl/N-ethyl adjacent to an activating group) is 3. The molecule has 0 fully saturated rings. The Morgan fingerprint density at radius 2 is 2.00 bits per heavy atom. The van der Waals surface area contributed by atoms with Gasteiger partial charge in [-0.15, -0.1) is 0 Å². The zero-order valence-electron chi connectivity index (χ0n) is 7.23. The van der Waals surface area contributed by atoms with E-state index in [2.05, 4.69) is 10.6 Å². The van der Waals surface area contributed by atoms with Crippen molar-refractivity contribution in [2.45, 2.75) is 12.6 Å². The van der Waals surface area contributed by atoms with Crippen LogP contribution in [0.2, 0.25) is 0 Å². The van der Waals surface area contributed by atoms with Gasteiger partial charge in [0, 0.05) is 13.6 Å². The summed E-state index contributed by atoms with van der Waals surface area (Å²) in [6.45, 7) is 2.85. The maximum absolute atomic E-state index is 5.60. The maximum atomic E-state index is 5.60. The summed E-state index contributed by atoms with van der Waals surface area (Å²) in [4.78, 5) is 0. The first-order valence-corrected chi connectivity index (χ1v) is 3.39. The number of hydrogen-bond donors (Lipinski definition) is 3. The number of nitrogens with two attached hydrogens (primary N) is 1. The van der Waals surface area contributed by atoms with Crippen molar-refractivity contribution >= 4 is 0 Å². The Kier molecular flexibility index (Phi) is 3.81. The van der Waals surface area contributed by atoms with Crippen molar-refractivity contribution in [2.24, 2.45) is 5.84 Å². The first-order chi connectivity index (χ1) is 4.56. The average molecular weight is 146 g/mol. The van der Waals surface area contributed by atoms with Crippen LogP contribution >= 0.6 is 0 Å². The third kappa shape index (κ3) is 2.22. The summed E-state index contributed by atoms with van der Waals surface area (Å²) in [5.41, 5.74) is -0.158. The third-order valence-electron chi connectivity index (χ3n) is 1.84. The van der Waals surface area contributed by atoms with Gasteiger partial charge in [0.25, 0.3) is 0 Å². The normalized spacial score (nSPS) is 17.4. The molecule has 0 aromatic rings. The molecule has 0 saturated heterocycles. The Morgan fingerprint density at radius 1 is 1.50 bits per heavy atom. The van der Waals surface area contributed by atoms with Crippen molar-refractivity contribution in [3.63, 3.8) is 0 Å². The second-order valence-corrected chi connectivity index (χ2v) is 2.67. The fraction of sp³-hybridized carbons (Fsp3) is 1.00. The van der Waals surface area contributed by atoms with Gasteiger partial charge in [-0.3, -0.25) is 5.84 Å². The van der Waals surface area contributed by atoms with Crippen molar-refractivity contribution in [1.82, 2.24) is 15.6 Å². The van der Waals surface area contributed by atoms with E-state index in [-0.39, 0.29) is 5.66 Å². The van der Waals surface area contributed by atoms with Gasteiger partial charge in [0.2, 0.25) is 0 Å². The molecule has 0 aromatic heterocycles. The van der Waals surface area contributed by atoms with E-state index >= 15 is 0 Å². The first-order valence-electron chi connectivity index (χ1n) is 3.39. The van der Waals surface area contributed by atoms with E-state index in [1.807, 2.05) is 28.1 Å². The van der Waals surface area contributed by atoms with Gasteiger partial charge in [-0.1, -0.05) is 0 Å². The highest BCUT2D eigenvalue weighted by Crippen LogP contribution is 2.00. The van der Waals surface area contributed by atoms with E-state index in [9.17, 15) is 0 Å². The Hall–Kier alpha value is -0.160. The van der Waals surface area contributed by atoms with E-state index in [0.29, 0.717) is 0 Å². The maximum Gasteiger partial charge on any atom is 0.0934 e. The van der Waals surface area contributed by atoms with Crippen molar-refractivity contribution in [2.75, 3.05) is 27.7 Å². The molecule has 1 unspecified atom stereocenters. The molecule has 4 nitrogen and oxygen atoms in total. The van der Waals surface area contributed by atoms with Crippen LogP contribution in [0.3, 0.4) is 0 Å². The zero-order chi connectivity index (χ0) is 8.20. The van der Waals surface area contributed by atoms with Gasteiger partial charge in [-0.25, -0.2) is 5.01 Å². The van der Waals surface area contributed by atoms with E-state index in [1.165, 1.54) is 0 Å². The lowest BCUT2D eigenvalue weighted by molar-refractivity contribution is 0.109. The van der Waals surface area contributed by atoms with Crippen molar-refractivity contribution in [1.29, 1.82) is 0 Å². The molecule has 0 aliphatic rings. The Balaban J connectivity index is 3.94. The van der Waals surface area contributed by atoms with Crippen LogP contribution in [-0.2, 0) is 0 Å². The van der Waals surface area contributed by atoms with Crippen molar-refractivity contribution in [3.8, 4) is 0 Å². The van der Waals surface area contributed by atoms with Crippen LogP contribution < -0.4 is 16.5 Å². The van der Waals surface area contributed by atoms with Crippen LogP contribution in [0, 0.1) is 0 Å². The summed E-state index contributed by atoms with van der Waals surface area (Å²) in [6, 6.07) is 0. The fourth-order valence-corrected chi connectivity index (χ4v) is 0.734. The first kappa shape index (κ1) is 9.84. The zero-order valence-corrected chi connectivity index (χ0v) is 7.23. The minimum absolute atomic E-state index is 0.158. The number of hydrogen-bond acceptors (Lipinski definition) is 4. The molecule has 0 aliphatic carbocycles. The molecule has 1 atom stereocenters. The monoisotopic (exact) mass is 146 g/mol. The van der Waals surface area contributed by atoms with Gasteiger partial charge < -0.3 is 10.6 Å². The van der Waals surface area contributed by atoms with Gasteiger partial charge in [-0.05, 0) is 21.0 Å². The lowest BCUT2D eigenvalue weighted by Gasteiger charge is -2.35. The molecule has 0 aromatic carbocycles. The molecule has 4 heteroatoms. The standard InChI is InChI=1S/C6H18N4/c1-6(9-3,5-8-2)10(4)7/h8-9H,5,7H2,1-4H3. The molecule has 0 aliphatic heterocycles.